The summed E-state index contributed by atoms with van der Waals surface area (Å²) in [7, 11) is -0.955. The van der Waals surface area contributed by atoms with E-state index in [2.05, 4.69) is 27.4 Å². The zero-order valence-electron chi connectivity index (χ0n) is 20.5. The Morgan fingerprint density at radius 3 is 0.857 bits per heavy atom. The van der Waals surface area contributed by atoms with E-state index in [1.165, 1.54) is 116 Å². The van der Waals surface area contributed by atoms with Gasteiger partial charge < -0.3 is 6.15 Å². The summed E-state index contributed by atoms with van der Waals surface area (Å²) in [4.78, 5) is 0. The van der Waals surface area contributed by atoms with Gasteiger partial charge in [-0.1, -0.05) is 0 Å². The quantitative estimate of drug-likeness (QED) is 0.140. The van der Waals surface area contributed by atoms with Crippen molar-refractivity contribution < 1.29 is 0 Å². The van der Waals surface area contributed by atoms with Gasteiger partial charge in [0.25, 0.3) is 0 Å². The van der Waals surface area contributed by atoms with E-state index in [1.807, 2.05) is 0 Å². The molecular weight excluding hydrogens is 381 g/mol. The Morgan fingerprint density at radius 2 is 0.607 bits per heavy atom. The molecule has 0 fully saturated rings. The van der Waals surface area contributed by atoms with Crippen LogP contribution in [-0.2, 0) is 0 Å². The SMILES string of the molecule is CCCCCCCC[PH](C)(CCCCCCCC)CCCCCCCC.Cl.N. The van der Waals surface area contributed by atoms with Gasteiger partial charge in [-0.25, -0.2) is 0 Å². The molecule has 0 radical (unpaired) electrons. The normalized spacial score (nSPS) is 11.7. The second kappa shape index (κ2) is 25.7. The van der Waals surface area contributed by atoms with Crippen molar-refractivity contribution in [1.29, 1.82) is 0 Å². The molecule has 0 unspecified atom stereocenters. The van der Waals surface area contributed by atoms with Crippen LogP contribution in [0, 0.1) is 0 Å². The first-order valence-electron chi connectivity index (χ1n) is 12.7. The fourth-order valence-electron chi connectivity index (χ4n) is 4.37. The molecule has 3 N–H and O–H groups in total. The Labute approximate surface area is 187 Å². The van der Waals surface area contributed by atoms with E-state index in [4.69, 9.17) is 0 Å². The summed E-state index contributed by atoms with van der Waals surface area (Å²) in [6, 6.07) is 0. The van der Waals surface area contributed by atoms with E-state index in [-0.39, 0.29) is 18.6 Å². The molecule has 0 rings (SSSR count). The molecule has 3 heteroatoms. The molecule has 28 heavy (non-hydrogen) atoms. The van der Waals surface area contributed by atoms with Crippen LogP contribution >= 0.6 is 19.7 Å². The van der Waals surface area contributed by atoms with Crippen molar-refractivity contribution in [2.24, 2.45) is 0 Å². The molecule has 0 aromatic heterocycles. The average Bonchev–Trinajstić information content (AvgIpc) is 2.64. The standard InChI is InChI=1S/C25H55P.ClH.H3N/c1-5-8-11-14-17-20-23-26(4,24-21-18-15-12-9-6-2)25-22-19-16-13-10-7-3;;/h26H,5-25H2,1-4H3;1H;1H3. The first kappa shape index (κ1) is 33.3. The summed E-state index contributed by atoms with van der Waals surface area (Å²) < 4.78 is 0. The summed E-state index contributed by atoms with van der Waals surface area (Å²) in [6.45, 7) is 9.73. The van der Waals surface area contributed by atoms with Crippen LogP contribution in [0.4, 0.5) is 0 Å². The molecule has 0 aliphatic heterocycles. The van der Waals surface area contributed by atoms with Crippen LogP contribution in [0.1, 0.15) is 136 Å². The van der Waals surface area contributed by atoms with Gasteiger partial charge >= 0.3 is 169 Å². The van der Waals surface area contributed by atoms with E-state index >= 15 is 0 Å². The Morgan fingerprint density at radius 1 is 0.393 bits per heavy atom. The topological polar surface area (TPSA) is 35.0 Å². The molecule has 0 spiro atoms. The molecule has 0 aromatic rings. The predicted octanol–water partition coefficient (Wildman–Crippen LogP) is 10.0. The number of hydrogen-bond donors (Lipinski definition) is 1. The molecule has 0 aliphatic carbocycles. The van der Waals surface area contributed by atoms with Crippen molar-refractivity contribution in [1.82, 2.24) is 6.15 Å². The Bertz CT molecular complexity index is 232. The maximum absolute atomic E-state index is 2.76. The largest absolute Gasteiger partial charge is 0.344 e. The third kappa shape index (κ3) is 23.0. The van der Waals surface area contributed by atoms with Crippen LogP contribution in [0.15, 0.2) is 0 Å². The first-order valence-corrected chi connectivity index (χ1v) is 15.8. The third-order valence-corrected chi connectivity index (χ3v) is 11.1. The minimum Gasteiger partial charge on any atom is -0.344 e. The number of halogens is 1. The molecule has 0 amide bonds. The molecule has 176 valence electrons. The summed E-state index contributed by atoms with van der Waals surface area (Å²) in [5.74, 6) is 0. The van der Waals surface area contributed by atoms with Crippen LogP contribution in [0.2, 0.25) is 0 Å². The Kier molecular flexibility index (Phi) is 30.6. The van der Waals surface area contributed by atoms with Crippen LogP contribution in [-0.4, -0.2) is 25.2 Å². The summed E-state index contributed by atoms with van der Waals surface area (Å²) in [5, 5.41) is 0. The maximum atomic E-state index is 2.76. The van der Waals surface area contributed by atoms with Gasteiger partial charge in [0, 0.05) is 0 Å². The number of rotatable bonds is 21. The minimum absolute atomic E-state index is 0. The van der Waals surface area contributed by atoms with Gasteiger partial charge in [-0.05, 0) is 0 Å². The molecule has 0 heterocycles. The third-order valence-electron chi connectivity index (χ3n) is 6.40. The molecule has 0 atom stereocenters. The summed E-state index contributed by atoms with van der Waals surface area (Å²) in [5.41, 5.74) is 0. The Hall–Kier alpha value is 0.680. The van der Waals surface area contributed by atoms with Gasteiger partial charge in [-0.2, -0.15) is 0 Å². The molecule has 0 aromatic carbocycles. The van der Waals surface area contributed by atoms with Gasteiger partial charge in [0.15, 0.2) is 0 Å². The molecule has 0 saturated heterocycles. The molecule has 1 nitrogen and oxygen atoms in total. The van der Waals surface area contributed by atoms with Gasteiger partial charge in [0.05, 0.1) is 0 Å². The second-order valence-electron chi connectivity index (χ2n) is 9.36. The van der Waals surface area contributed by atoms with Crippen molar-refractivity contribution in [3.63, 3.8) is 0 Å². The average molecular weight is 440 g/mol. The minimum atomic E-state index is -0.955. The predicted molar refractivity (Wildman–Crippen MR) is 141 cm³/mol. The van der Waals surface area contributed by atoms with E-state index in [0.29, 0.717) is 0 Å². The van der Waals surface area contributed by atoms with Crippen LogP contribution in [0.3, 0.4) is 0 Å². The van der Waals surface area contributed by atoms with Crippen molar-refractivity contribution >= 4 is 19.7 Å². The van der Waals surface area contributed by atoms with Crippen LogP contribution in [0.25, 0.3) is 0 Å². The van der Waals surface area contributed by atoms with Gasteiger partial charge in [0.2, 0.25) is 0 Å². The smallest absolute Gasteiger partial charge is 0.147 e. The first-order chi connectivity index (χ1) is 12.7. The molecule has 0 aliphatic rings. The van der Waals surface area contributed by atoms with Gasteiger partial charge in [-0.15, -0.1) is 12.4 Å². The van der Waals surface area contributed by atoms with Crippen molar-refractivity contribution in [2.45, 2.75) is 136 Å². The molecular formula is C25H59ClNP. The van der Waals surface area contributed by atoms with E-state index in [9.17, 15) is 0 Å². The number of unbranched alkanes of at least 4 members (excludes halogenated alkanes) is 15. The van der Waals surface area contributed by atoms with Crippen molar-refractivity contribution in [2.75, 3.05) is 25.2 Å². The Balaban J connectivity index is -0.00000312. The summed E-state index contributed by atoms with van der Waals surface area (Å²) >= 11 is 0. The van der Waals surface area contributed by atoms with E-state index in [1.54, 1.807) is 18.5 Å². The molecule has 0 bridgehead atoms. The van der Waals surface area contributed by atoms with Gasteiger partial charge in [0.1, 0.15) is 0 Å². The van der Waals surface area contributed by atoms with E-state index < -0.39 is 7.26 Å². The molecule has 0 saturated carbocycles. The zero-order valence-corrected chi connectivity index (χ0v) is 22.3. The fourth-order valence-corrected chi connectivity index (χ4v) is 8.43. The van der Waals surface area contributed by atoms with E-state index in [0.717, 1.165) is 0 Å². The van der Waals surface area contributed by atoms with Gasteiger partial charge in [-0.3, -0.25) is 0 Å². The summed E-state index contributed by atoms with van der Waals surface area (Å²) in [6.07, 6.45) is 31.4. The number of hydrogen-bond acceptors (Lipinski definition) is 1. The van der Waals surface area contributed by atoms with Crippen LogP contribution < -0.4 is 6.15 Å². The van der Waals surface area contributed by atoms with Crippen molar-refractivity contribution in [3.05, 3.63) is 0 Å². The fraction of sp³-hybridized carbons (Fsp3) is 1.00. The van der Waals surface area contributed by atoms with Crippen molar-refractivity contribution in [3.8, 4) is 0 Å². The maximum Gasteiger partial charge on any atom is -0.147 e. The van der Waals surface area contributed by atoms with Crippen LogP contribution in [0.5, 0.6) is 0 Å². The second-order valence-corrected chi connectivity index (χ2v) is 14.5. The monoisotopic (exact) mass is 439 g/mol. The zero-order chi connectivity index (χ0) is 19.3.